The van der Waals surface area contributed by atoms with E-state index in [1.54, 1.807) is 0 Å². The van der Waals surface area contributed by atoms with Crippen LogP contribution in [0.4, 0.5) is 0 Å². The van der Waals surface area contributed by atoms with Gasteiger partial charge in [-0.2, -0.15) is 0 Å². The minimum atomic E-state index is 0.487. The molecule has 2 aliphatic carbocycles. The van der Waals surface area contributed by atoms with Gasteiger partial charge in [0.25, 0.3) is 0 Å². The molecule has 3 aliphatic rings. The highest BCUT2D eigenvalue weighted by Crippen LogP contribution is 2.67. The van der Waals surface area contributed by atoms with E-state index in [-0.39, 0.29) is 0 Å². The van der Waals surface area contributed by atoms with Crippen molar-refractivity contribution >= 4 is 0 Å². The van der Waals surface area contributed by atoms with E-state index in [0.29, 0.717) is 17.9 Å². The summed E-state index contributed by atoms with van der Waals surface area (Å²) in [6.07, 6.45) is 5.59. The van der Waals surface area contributed by atoms with Gasteiger partial charge in [0.2, 0.25) is 0 Å². The van der Waals surface area contributed by atoms with Crippen LogP contribution in [0.3, 0.4) is 0 Å². The number of allylic oxidation sites excluding steroid dienone is 3. The lowest BCUT2D eigenvalue weighted by atomic mass is 9.81. The summed E-state index contributed by atoms with van der Waals surface area (Å²) in [5.74, 6) is 2.17. The maximum atomic E-state index is 5.51. The topological polar surface area (TPSA) is 9.23 Å². The van der Waals surface area contributed by atoms with Gasteiger partial charge in [0.1, 0.15) is 6.61 Å². The van der Waals surface area contributed by atoms with Crippen LogP contribution in [0.1, 0.15) is 27.2 Å². The molecule has 1 heteroatoms. The van der Waals surface area contributed by atoms with Crippen molar-refractivity contribution in [3.63, 3.8) is 0 Å². The van der Waals surface area contributed by atoms with E-state index in [4.69, 9.17) is 4.74 Å². The first kappa shape index (κ1) is 10.2. The Hall–Kier alpha value is -0.980. The van der Waals surface area contributed by atoms with E-state index in [2.05, 4.69) is 33.4 Å². The number of ether oxygens (including phenoxy) is 1. The van der Waals surface area contributed by atoms with Gasteiger partial charge in [-0.1, -0.05) is 26.5 Å². The normalized spacial score (nSPS) is 39.7. The molecule has 1 heterocycles. The van der Waals surface area contributed by atoms with Crippen LogP contribution in [-0.2, 0) is 4.74 Å². The van der Waals surface area contributed by atoms with Gasteiger partial charge in [-0.05, 0) is 47.3 Å². The van der Waals surface area contributed by atoms with Gasteiger partial charge in [-0.15, -0.1) is 0 Å². The van der Waals surface area contributed by atoms with Gasteiger partial charge in [-0.25, -0.2) is 0 Å². The monoisotopic (exact) mass is 216 g/mol. The summed E-state index contributed by atoms with van der Waals surface area (Å²) in [5, 5.41) is 0. The van der Waals surface area contributed by atoms with Crippen molar-refractivity contribution in [3.8, 4) is 0 Å². The van der Waals surface area contributed by atoms with Crippen molar-refractivity contribution in [2.24, 2.45) is 23.2 Å². The summed E-state index contributed by atoms with van der Waals surface area (Å²) in [7, 11) is 0. The van der Waals surface area contributed by atoms with Crippen LogP contribution in [0.2, 0.25) is 0 Å². The molecule has 0 aromatic rings. The second-order valence-corrected chi connectivity index (χ2v) is 6.10. The van der Waals surface area contributed by atoms with Crippen LogP contribution in [0.5, 0.6) is 0 Å². The molecular weight excluding hydrogens is 196 g/mol. The fraction of sp³-hybridized carbons (Fsp3) is 0.600. The highest BCUT2D eigenvalue weighted by atomic mass is 16.5. The van der Waals surface area contributed by atoms with Gasteiger partial charge in [-0.3, -0.25) is 0 Å². The van der Waals surface area contributed by atoms with E-state index >= 15 is 0 Å². The summed E-state index contributed by atoms with van der Waals surface area (Å²) in [6, 6.07) is 0. The van der Waals surface area contributed by atoms with E-state index in [0.717, 1.165) is 11.8 Å². The lowest BCUT2D eigenvalue weighted by molar-refractivity contribution is 0.239. The van der Waals surface area contributed by atoms with Gasteiger partial charge >= 0.3 is 0 Å². The quantitative estimate of drug-likeness (QED) is 0.561. The molecule has 0 aromatic carbocycles. The largest absolute Gasteiger partial charge is 0.497 e. The van der Waals surface area contributed by atoms with E-state index < -0.39 is 0 Å². The summed E-state index contributed by atoms with van der Waals surface area (Å²) in [4.78, 5) is 0. The Balaban J connectivity index is 2.06. The lowest BCUT2D eigenvalue weighted by Crippen LogP contribution is -2.20. The Morgan fingerprint density at radius 3 is 2.94 bits per heavy atom. The first-order valence-corrected chi connectivity index (χ1v) is 6.20. The van der Waals surface area contributed by atoms with Crippen LogP contribution in [0.15, 0.2) is 35.6 Å². The summed E-state index contributed by atoms with van der Waals surface area (Å²) in [6.45, 7) is 11.9. The van der Waals surface area contributed by atoms with Crippen LogP contribution >= 0.6 is 0 Å². The zero-order valence-electron chi connectivity index (χ0n) is 10.4. The van der Waals surface area contributed by atoms with E-state index in [1.807, 2.05) is 6.26 Å². The Kier molecular flexibility index (Phi) is 1.93. The fourth-order valence-electron chi connectivity index (χ4n) is 3.73. The molecule has 86 valence electrons. The number of hydrogen-bond donors (Lipinski definition) is 0. The van der Waals surface area contributed by atoms with Gasteiger partial charge in [0.15, 0.2) is 0 Å². The summed E-state index contributed by atoms with van der Waals surface area (Å²) >= 11 is 0. The molecule has 0 saturated heterocycles. The molecule has 1 nitrogen and oxygen atoms in total. The molecule has 0 radical (unpaired) electrons. The van der Waals surface area contributed by atoms with Crippen molar-refractivity contribution in [2.45, 2.75) is 27.2 Å². The predicted octanol–water partition coefficient (Wildman–Crippen LogP) is 3.70. The molecule has 1 aliphatic heterocycles. The van der Waals surface area contributed by atoms with Crippen LogP contribution < -0.4 is 0 Å². The molecule has 3 atom stereocenters. The standard InChI is InChI=1S/C15H20O/c1-9-5-6-12-14(15(12,3)4)13-10(2)7-16-8-11(9)13/h5,8,12-14H,2,6-7H2,1,3-4H3/t12-,13-,14-/m1/s1. The number of fused-ring (bicyclic) bond motifs is 3. The van der Waals surface area contributed by atoms with Crippen molar-refractivity contribution in [3.05, 3.63) is 35.6 Å². The highest BCUT2D eigenvalue weighted by Gasteiger charge is 2.62. The van der Waals surface area contributed by atoms with Crippen molar-refractivity contribution in [1.29, 1.82) is 0 Å². The van der Waals surface area contributed by atoms with E-state index in [1.165, 1.54) is 23.1 Å². The Labute approximate surface area is 97.9 Å². The van der Waals surface area contributed by atoms with E-state index in [9.17, 15) is 0 Å². The molecule has 16 heavy (non-hydrogen) atoms. The maximum absolute atomic E-state index is 5.51. The number of rotatable bonds is 0. The first-order chi connectivity index (χ1) is 7.53. The van der Waals surface area contributed by atoms with Gasteiger partial charge in [0, 0.05) is 5.92 Å². The Bertz CT molecular complexity index is 411. The molecular formula is C15H20O. The smallest absolute Gasteiger partial charge is 0.109 e. The Morgan fingerprint density at radius 1 is 1.44 bits per heavy atom. The number of hydrogen-bond acceptors (Lipinski definition) is 1. The molecule has 1 fully saturated rings. The van der Waals surface area contributed by atoms with Crippen molar-refractivity contribution < 1.29 is 4.74 Å². The van der Waals surface area contributed by atoms with Gasteiger partial charge in [0.05, 0.1) is 6.26 Å². The maximum Gasteiger partial charge on any atom is 0.109 e. The SMILES string of the molecule is C=C1COC=C2C(C)=CC[C@@H]3[C@H]([C@H]12)C3(C)C. The molecule has 0 unspecified atom stereocenters. The Morgan fingerprint density at radius 2 is 2.19 bits per heavy atom. The zero-order valence-corrected chi connectivity index (χ0v) is 10.4. The first-order valence-electron chi connectivity index (χ1n) is 6.20. The summed E-state index contributed by atoms with van der Waals surface area (Å²) < 4.78 is 5.51. The zero-order chi connectivity index (χ0) is 11.5. The molecule has 1 saturated carbocycles. The van der Waals surface area contributed by atoms with Crippen molar-refractivity contribution in [2.75, 3.05) is 6.61 Å². The molecule has 0 N–H and O–H groups in total. The second kappa shape index (κ2) is 3.03. The predicted molar refractivity (Wildman–Crippen MR) is 65.8 cm³/mol. The van der Waals surface area contributed by atoms with Gasteiger partial charge < -0.3 is 4.74 Å². The third kappa shape index (κ3) is 1.17. The molecule has 0 bridgehead atoms. The molecule has 0 aromatic heterocycles. The van der Waals surface area contributed by atoms with Crippen LogP contribution in [0, 0.1) is 23.2 Å². The minimum Gasteiger partial charge on any atom is -0.497 e. The minimum absolute atomic E-state index is 0.487. The van der Waals surface area contributed by atoms with Crippen LogP contribution in [0.25, 0.3) is 0 Å². The second-order valence-electron chi connectivity index (χ2n) is 6.10. The molecule has 3 rings (SSSR count). The third-order valence-electron chi connectivity index (χ3n) is 4.89. The highest BCUT2D eigenvalue weighted by molar-refractivity contribution is 5.42. The average Bonchev–Trinajstić information content (AvgIpc) is 2.81. The fourth-order valence-corrected chi connectivity index (χ4v) is 3.73. The lowest BCUT2D eigenvalue weighted by Gasteiger charge is -2.28. The molecule has 0 amide bonds. The third-order valence-corrected chi connectivity index (χ3v) is 4.89. The van der Waals surface area contributed by atoms with Crippen molar-refractivity contribution in [1.82, 2.24) is 0 Å². The summed E-state index contributed by atoms with van der Waals surface area (Å²) in [5.41, 5.74) is 4.54. The average molecular weight is 216 g/mol. The molecule has 0 spiro atoms. The van der Waals surface area contributed by atoms with Crippen LogP contribution in [-0.4, -0.2) is 6.61 Å².